The number of likely N-dealkylation sites (N-methyl/N-ethyl adjacent to an activating group) is 1. The van der Waals surface area contributed by atoms with Crippen LogP contribution in [0, 0.1) is 0 Å². The highest BCUT2D eigenvalue weighted by Gasteiger charge is 2.26. The minimum Gasteiger partial charge on any atom is -0.504 e. The van der Waals surface area contributed by atoms with Crippen LogP contribution >= 0.6 is 0 Å². The first-order chi connectivity index (χ1) is 9.99. The van der Waals surface area contributed by atoms with Gasteiger partial charge >= 0.3 is 0 Å². The highest BCUT2D eigenvalue weighted by atomic mass is 16.5. The van der Waals surface area contributed by atoms with Crippen LogP contribution in [-0.4, -0.2) is 53.4 Å². The number of aromatic hydroxyl groups is 2. The van der Waals surface area contributed by atoms with Gasteiger partial charge in [0, 0.05) is 26.3 Å². The number of nitrogens with zero attached hydrogens (tertiary/aromatic N) is 1. The molecule has 6 heteroatoms. The zero-order valence-corrected chi connectivity index (χ0v) is 12.2. The number of rotatable bonds is 4. The molecule has 6 nitrogen and oxygen atoms in total. The van der Waals surface area contributed by atoms with Gasteiger partial charge in [0.25, 0.3) is 0 Å². The Morgan fingerprint density at radius 1 is 1.38 bits per heavy atom. The first-order valence-corrected chi connectivity index (χ1v) is 7.10. The fraction of sp³-hybridized carbons (Fsp3) is 0.533. The molecule has 2 rings (SSSR count). The van der Waals surface area contributed by atoms with E-state index >= 15 is 0 Å². The number of benzene rings is 1. The maximum Gasteiger partial charge on any atom is 0.239 e. The zero-order chi connectivity index (χ0) is 15.4. The van der Waals surface area contributed by atoms with E-state index in [4.69, 9.17) is 10.5 Å². The van der Waals surface area contributed by atoms with Gasteiger partial charge in [-0.1, -0.05) is 6.07 Å². The monoisotopic (exact) mass is 294 g/mol. The van der Waals surface area contributed by atoms with Gasteiger partial charge in [0.1, 0.15) is 0 Å². The lowest BCUT2D eigenvalue weighted by molar-refractivity contribution is -0.135. The molecule has 4 N–H and O–H groups in total. The van der Waals surface area contributed by atoms with Gasteiger partial charge in [-0.2, -0.15) is 0 Å². The minimum absolute atomic E-state index is 0.116. The Bertz CT molecular complexity index is 500. The molecule has 116 valence electrons. The molecule has 1 heterocycles. The Labute approximate surface area is 124 Å². The third-order valence-electron chi connectivity index (χ3n) is 3.90. The summed E-state index contributed by atoms with van der Waals surface area (Å²) in [6, 6.07) is 3.98. The SMILES string of the molecule is CN(C(=O)[C@@H](N)Cc1ccc(O)c(O)c1)C1CCOCC1. The molecule has 21 heavy (non-hydrogen) atoms. The Kier molecular flexibility index (Phi) is 5.03. The number of carbonyl (C=O) groups excluding carboxylic acids is 1. The average Bonchev–Trinajstić information content (AvgIpc) is 2.50. The number of phenolic OH excluding ortho intramolecular Hbond substituents is 2. The molecular formula is C15H22N2O4. The van der Waals surface area contributed by atoms with Crippen molar-refractivity contribution >= 4 is 5.91 Å². The molecule has 0 aliphatic carbocycles. The molecule has 1 aromatic carbocycles. The molecule has 1 aliphatic heterocycles. The van der Waals surface area contributed by atoms with Crippen molar-refractivity contribution in [1.29, 1.82) is 0 Å². The average molecular weight is 294 g/mol. The summed E-state index contributed by atoms with van der Waals surface area (Å²) in [5.74, 6) is -0.502. The Morgan fingerprint density at radius 3 is 2.67 bits per heavy atom. The molecular weight excluding hydrogens is 272 g/mol. The van der Waals surface area contributed by atoms with Gasteiger partial charge in [-0.15, -0.1) is 0 Å². The maximum atomic E-state index is 12.3. The summed E-state index contributed by atoms with van der Waals surface area (Å²) in [5, 5.41) is 18.7. The molecule has 0 unspecified atom stereocenters. The van der Waals surface area contributed by atoms with Crippen LogP contribution in [0.3, 0.4) is 0 Å². The van der Waals surface area contributed by atoms with Crippen LogP contribution in [0.5, 0.6) is 11.5 Å². The van der Waals surface area contributed by atoms with E-state index in [2.05, 4.69) is 0 Å². The van der Waals surface area contributed by atoms with Crippen LogP contribution in [0.1, 0.15) is 18.4 Å². The number of ether oxygens (including phenoxy) is 1. The molecule has 1 aliphatic rings. The summed E-state index contributed by atoms with van der Waals surface area (Å²) < 4.78 is 5.29. The molecule has 1 saturated heterocycles. The van der Waals surface area contributed by atoms with Crippen LogP contribution in [0.15, 0.2) is 18.2 Å². The van der Waals surface area contributed by atoms with E-state index in [9.17, 15) is 15.0 Å². The van der Waals surface area contributed by atoms with Crippen molar-refractivity contribution in [3.8, 4) is 11.5 Å². The number of phenols is 2. The Balaban J connectivity index is 1.96. The lowest BCUT2D eigenvalue weighted by Gasteiger charge is -2.32. The molecule has 0 saturated carbocycles. The predicted octanol–water partition coefficient (Wildman–Crippen LogP) is 0.605. The van der Waals surface area contributed by atoms with E-state index in [1.54, 1.807) is 18.0 Å². The van der Waals surface area contributed by atoms with Gasteiger partial charge in [-0.05, 0) is 37.0 Å². The van der Waals surface area contributed by atoms with Crippen LogP contribution in [-0.2, 0) is 16.0 Å². The van der Waals surface area contributed by atoms with Crippen molar-refractivity contribution in [3.05, 3.63) is 23.8 Å². The molecule has 1 atom stereocenters. The summed E-state index contributed by atoms with van der Waals surface area (Å²) in [7, 11) is 1.77. The van der Waals surface area contributed by atoms with E-state index in [0.29, 0.717) is 25.2 Å². The summed E-state index contributed by atoms with van der Waals surface area (Å²) >= 11 is 0. The second kappa shape index (κ2) is 6.78. The van der Waals surface area contributed by atoms with Gasteiger partial charge in [0.05, 0.1) is 6.04 Å². The first kappa shape index (κ1) is 15.6. The van der Waals surface area contributed by atoms with Crippen molar-refractivity contribution in [2.45, 2.75) is 31.3 Å². The number of amides is 1. The van der Waals surface area contributed by atoms with Gasteiger partial charge in [0.15, 0.2) is 11.5 Å². The van der Waals surface area contributed by atoms with E-state index in [-0.39, 0.29) is 23.4 Å². The fourth-order valence-electron chi connectivity index (χ4n) is 2.55. The topological polar surface area (TPSA) is 96.0 Å². The van der Waals surface area contributed by atoms with Crippen molar-refractivity contribution in [3.63, 3.8) is 0 Å². The number of nitrogens with two attached hydrogens (primary N) is 1. The molecule has 0 bridgehead atoms. The van der Waals surface area contributed by atoms with E-state index in [1.807, 2.05) is 0 Å². The number of hydrogen-bond acceptors (Lipinski definition) is 5. The summed E-state index contributed by atoms with van der Waals surface area (Å²) in [6.45, 7) is 1.34. The van der Waals surface area contributed by atoms with E-state index in [1.165, 1.54) is 12.1 Å². The molecule has 1 aromatic rings. The molecule has 1 fully saturated rings. The van der Waals surface area contributed by atoms with Gasteiger partial charge in [0.2, 0.25) is 5.91 Å². The Hall–Kier alpha value is -1.79. The maximum absolute atomic E-state index is 12.3. The van der Waals surface area contributed by atoms with Crippen LogP contribution < -0.4 is 5.73 Å². The predicted molar refractivity (Wildman–Crippen MR) is 78.1 cm³/mol. The fourth-order valence-corrected chi connectivity index (χ4v) is 2.55. The third kappa shape index (κ3) is 3.86. The van der Waals surface area contributed by atoms with Crippen molar-refractivity contribution in [1.82, 2.24) is 4.90 Å². The van der Waals surface area contributed by atoms with Gasteiger partial charge < -0.3 is 25.6 Å². The second-order valence-electron chi connectivity index (χ2n) is 5.43. The quantitative estimate of drug-likeness (QED) is 0.707. The smallest absolute Gasteiger partial charge is 0.239 e. The summed E-state index contributed by atoms with van der Waals surface area (Å²) in [5.41, 5.74) is 6.69. The summed E-state index contributed by atoms with van der Waals surface area (Å²) in [4.78, 5) is 14.0. The first-order valence-electron chi connectivity index (χ1n) is 7.10. The van der Waals surface area contributed by atoms with Gasteiger partial charge in [-0.25, -0.2) is 0 Å². The van der Waals surface area contributed by atoms with Crippen LogP contribution in [0.25, 0.3) is 0 Å². The highest BCUT2D eigenvalue weighted by molar-refractivity contribution is 5.82. The van der Waals surface area contributed by atoms with Crippen LogP contribution in [0.4, 0.5) is 0 Å². The standard InChI is InChI=1S/C15H22N2O4/c1-17(11-4-6-21-7-5-11)15(20)12(16)8-10-2-3-13(18)14(19)9-10/h2-3,9,11-12,18-19H,4-8,16H2,1H3/t12-/m0/s1. The minimum atomic E-state index is -0.665. The van der Waals surface area contributed by atoms with Gasteiger partial charge in [-0.3, -0.25) is 4.79 Å². The lowest BCUT2D eigenvalue weighted by atomic mass is 10.0. The molecule has 1 amide bonds. The number of carbonyl (C=O) groups is 1. The largest absolute Gasteiger partial charge is 0.504 e. The number of hydrogen-bond donors (Lipinski definition) is 3. The van der Waals surface area contributed by atoms with E-state index < -0.39 is 6.04 Å². The highest BCUT2D eigenvalue weighted by Crippen LogP contribution is 2.25. The molecule has 0 aromatic heterocycles. The normalized spacial score (nSPS) is 17.4. The summed E-state index contributed by atoms with van der Waals surface area (Å²) in [6.07, 6.45) is 1.98. The third-order valence-corrected chi connectivity index (χ3v) is 3.90. The zero-order valence-electron chi connectivity index (χ0n) is 12.2. The van der Waals surface area contributed by atoms with Crippen molar-refractivity contribution < 1.29 is 19.7 Å². The van der Waals surface area contributed by atoms with Crippen molar-refractivity contribution in [2.75, 3.05) is 20.3 Å². The van der Waals surface area contributed by atoms with E-state index in [0.717, 1.165) is 12.8 Å². The molecule has 0 spiro atoms. The lowest BCUT2D eigenvalue weighted by Crippen LogP contribution is -2.49. The Morgan fingerprint density at radius 2 is 2.05 bits per heavy atom. The second-order valence-corrected chi connectivity index (χ2v) is 5.43. The van der Waals surface area contributed by atoms with Crippen molar-refractivity contribution in [2.24, 2.45) is 5.73 Å². The van der Waals surface area contributed by atoms with Crippen LogP contribution in [0.2, 0.25) is 0 Å². The molecule has 0 radical (unpaired) electrons.